The fourth-order valence-corrected chi connectivity index (χ4v) is 2.96. The number of anilines is 1. The Morgan fingerprint density at radius 2 is 1.74 bits per heavy atom. The Labute approximate surface area is 159 Å². The van der Waals surface area contributed by atoms with Crippen molar-refractivity contribution in [2.75, 3.05) is 11.9 Å². The van der Waals surface area contributed by atoms with E-state index in [0.29, 0.717) is 0 Å². The van der Waals surface area contributed by atoms with Gasteiger partial charge in [0.2, 0.25) is 0 Å². The molecule has 0 spiro atoms. The molecule has 0 aliphatic heterocycles. The van der Waals surface area contributed by atoms with Gasteiger partial charge in [0.15, 0.2) is 0 Å². The van der Waals surface area contributed by atoms with Crippen LogP contribution in [0.4, 0.5) is 5.69 Å². The Kier molecular flexibility index (Phi) is 5.71. The standard InChI is InChI=1S/C22H24N4O/c1-16-9-11-20(12-10-16)23-15-22(27)25-24-14-19-13-17(2)26(18(19)3)21-7-5-4-6-8-21/h4-14,23H,15H2,1-3H3,(H,25,27)/b24-14-. The number of amides is 1. The zero-order valence-corrected chi connectivity index (χ0v) is 15.9. The smallest absolute Gasteiger partial charge is 0.259 e. The van der Waals surface area contributed by atoms with Crippen molar-refractivity contribution in [3.05, 3.63) is 83.2 Å². The molecule has 5 heteroatoms. The van der Waals surface area contributed by atoms with Gasteiger partial charge in [0.1, 0.15) is 0 Å². The van der Waals surface area contributed by atoms with Crippen LogP contribution >= 0.6 is 0 Å². The molecule has 0 unspecified atom stereocenters. The molecule has 0 radical (unpaired) electrons. The summed E-state index contributed by atoms with van der Waals surface area (Å²) in [4.78, 5) is 12.0. The minimum absolute atomic E-state index is 0.170. The van der Waals surface area contributed by atoms with Gasteiger partial charge in [-0.2, -0.15) is 5.10 Å². The van der Waals surface area contributed by atoms with E-state index in [1.807, 2.05) is 56.3 Å². The molecule has 3 aromatic rings. The predicted molar refractivity (Wildman–Crippen MR) is 111 cm³/mol. The minimum atomic E-state index is -0.191. The van der Waals surface area contributed by atoms with Gasteiger partial charge >= 0.3 is 0 Å². The zero-order valence-electron chi connectivity index (χ0n) is 15.9. The van der Waals surface area contributed by atoms with Crippen molar-refractivity contribution in [3.63, 3.8) is 0 Å². The van der Waals surface area contributed by atoms with E-state index in [2.05, 4.69) is 45.5 Å². The van der Waals surface area contributed by atoms with Crippen molar-refractivity contribution in [1.29, 1.82) is 0 Å². The van der Waals surface area contributed by atoms with Gasteiger partial charge in [-0.25, -0.2) is 5.43 Å². The molecule has 0 bridgehead atoms. The van der Waals surface area contributed by atoms with Gasteiger partial charge in [-0.05, 0) is 51.1 Å². The summed E-state index contributed by atoms with van der Waals surface area (Å²) in [5.41, 5.74) is 8.94. The fraction of sp³-hybridized carbons (Fsp3) is 0.182. The Morgan fingerprint density at radius 3 is 2.44 bits per heavy atom. The molecule has 0 aliphatic carbocycles. The van der Waals surface area contributed by atoms with Crippen LogP contribution in [0.15, 0.2) is 65.8 Å². The van der Waals surface area contributed by atoms with E-state index >= 15 is 0 Å². The van der Waals surface area contributed by atoms with E-state index in [4.69, 9.17) is 0 Å². The van der Waals surface area contributed by atoms with Gasteiger partial charge in [-0.1, -0.05) is 35.9 Å². The fourth-order valence-electron chi connectivity index (χ4n) is 2.96. The molecule has 2 N–H and O–H groups in total. The van der Waals surface area contributed by atoms with Gasteiger partial charge in [0.25, 0.3) is 5.91 Å². The Balaban J connectivity index is 1.60. The quantitative estimate of drug-likeness (QED) is 0.516. The van der Waals surface area contributed by atoms with Gasteiger partial charge in [0.05, 0.1) is 12.8 Å². The lowest BCUT2D eigenvalue weighted by Gasteiger charge is -2.09. The van der Waals surface area contributed by atoms with Crippen molar-refractivity contribution in [2.45, 2.75) is 20.8 Å². The van der Waals surface area contributed by atoms with Gasteiger partial charge < -0.3 is 9.88 Å². The topological polar surface area (TPSA) is 58.4 Å². The number of carbonyl (C=O) groups is 1. The summed E-state index contributed by atoms with van der Waals surface area (Å²) in [7, 11) is 0. The van der Waals surface area contributed by atoms with E-state index in [-0.39, 0.29) is 12.5 Å². The van der Waals surface area contributed by atoms with Crippen molar-refractivity contribution >= 4 is 17.8 Å². The molecule has 0 aliphatic rings. The molecule has 5 nitrogen and oxygen atoms in total. The Bertz CT molecular complexity index is 940. The molecule has 0 saturated heterocycles. The average Bonchev–Trinajstić information content (AvgIpc) is 2.95. The van der Waals surface area contributed by atoms with Crippen molar-refractivity contribution in [3.8, 4) is 5.69 Å². The second-order valence-electron chi connectivity index (χ2n) is 6.51. The normalized spacial score (nSPS) is 10.9. The number of carbonyl (C=O) groups excluding carboxylic acids is 1. The molecule has 3 rings (SSSR count). The average molecular weight is 360 g/mol. The molecule has 0 fully saturated rings. The summed E-state index contributed by atoms with van der Waals surface area (Å²) in [6.45, 7) is 6.30. The highest BCUT2D eigenvalue weighted by atomic mass is 16.2. The Morgan fingerprint density at radius 1 is 1.04 bits per heavy atom. The summed E-state index contributed by atoms with van der Waals surface area (Å²) in [5.74, 6) is -0.191. The monoisotopic (exact) mass is 360 g/mol. The molecule has 27 heavy (non-hydrogen) atoms. The number of nitrogens with one attached hydrogen (secondary N) is 2. The third kappa shape index (κ3) is 4.64. The first kappa shape index (κ1) is 18.5. The van der Waals surface area contributed by atoms with Crippen LogP contribution in [0.3, 0.4) is 0 Å². The molecule has 1 aromatic heterocycles. The number of aryl methyl sites for hydroxylation is 2. The van der Waals surface area contributed by atoms with Crippen LogP contribution < -0.4 is 10.7 Å². The maximum Gasteiger partial charge on any atom is 0.259 e. The van der Waals surface area contributed by atoms with Crippen LogP contribution in [0, 0.1) is 20.8 Å². The molecule has 1 heterocycles. The SMILES string of the molecule is Cc1ccc(NCC(=O)N/N=C\c2cc(C)n(-c3ccccc3)c2C)cc1. The maximum absolute atomic E-state index is 12.0. The maximum atomic E-state index is 12.0. The first-order chi connectivity index (χ1) is 13.0. The van der Waals surface area contributed by atoms with Crippen molar-refractivity contribution in [2.24, 2.45) is 5.10 Å². The number of hydrazone groups is 1. The third-order valence-electron chi connectivity index (χ3n) is 4.38. The lowest BCUT2D eigenvalue weighted by molar-refractivity contribution is -0.119. The number of hydrogen-bond acceptors (Lipinski definition) is 3. The Hall–Kier alpha value is -3.34. The number of rotatable bonds is 6. The second-order valence-corrected chi connectivity index (χ2v) is 6.51. The molecular formula is C22H24N4O. The molecule has 0 saturated carbocycles. The van der Waals surface area contributed by atoms with Gasteiger partial charge in [0, 0.05) is 28.3 Å². The van der Waals surface area contributed by atoms with Gasteiger partial charge in [-0.15, -0.1) is 0 Å². The molecular weight excluding hydrogens is 336 g/mol. The first-order valence-electron chi connectivity index (χ1n) is 8.91. The molecule has 138 valence electrons. The van der Waals surface area contributed by atoms with Crippen LogP contribution in [0.5, 0.6) is 0 Å². The minimum Gasteiger partial charge on any atom is -0.376 e. The summed E-state index contributed by atoms with van der Waals surface area (Å²) in [6, 6.07) is 20.1. The highest BCUT2D eigenvalue weighted by Gasteiger charge is 2.09. The van der Waals surface area contributed by atoms with Crippen LogP contribution in [-0.2, 0) is 4.79 Å². The highest BCUT2D eigenvalue weighted by molar-refractivity contribution is 5.85. The lowest BCUT2D eigenvalue weighted by atomic mass is 10.2. The van der Waals surface area contributed by atoms with E-state index in [0.717, 1.165) is 28.3 Å². The van der Waals surface area contributed by atoms with Crippen molar-refractivity contribution in [1.82, 2.24) is 9.99 Å². The van der Waals surface area contributed by atoms with Gasteiger partial charge in [-0.3, -0.25) is 4.79 Å². The third-order valence-corrected chi connectivity index (χ3v) is 4.38. The van der Waals surface area contributed by atoms with Crippen LogP contribution in [0.2, 0.25) is 0 Å². The number of aromatic nitrogens is 1. The predicted octanol–water partition coefficient (Wildman–Crippen LogP) is 3.96. The summed E-state index contributed by atoms with van der Waals surface area (Å²) < 4.78 is 2.17. The number of benzene rings is 2. The van der Waals surface area contributed by atoms with E-state index in [9.17, 15) is 4.79 Å². The summed E-state index contributed by atoms with van der Waals surface area (Å²) in [5, 5.41) is 7.18. The summed E-state index contributed by atoms with van der Waals surface area (Å²) >= 11 is 0. The number of para-hydroxylation sites is 1. The van der Waals surface area contributed by atoms with E-state index in [1.54, 1.807) is 6.21 Å². The number of hydrogen-bond donors (Lipinski definition) is 2. The van der Waals surface area contributed by atoms with E-state index < -0.39 is 0 Å². The molecule has 0 atom stereocenters. The molecule has 1 amide bonds. The lowest BCUT2D eigenvalue weighted by Crippen LogP contribution is -2.25. The molecule has 2 aromatic carbocycles. The summed E-state index contributed by atoms with van der Waals surface area (Å²) in [6.07, 6.45) is 1.69. The first-order valence-corrected chi connectivity index (χ1v) is 8.91. The van der Waals surface area contributed by atoms with Crippen LogP contribution in [-0.4, -0.2) is 23.2 Å². The van der Waals surface area contributed by atoms with E-state index in [1.165, 1.54) is 5.56 Å². The van der Waals surface area contributed by atoms with Crippen LogP contribution in [0.1, 0.15) is 22.5 Å². The zero-order chi connectivity index (χ0) is 19.2. The van der Waals surface area contributed by atoms with Crippen molar-refractivity contribution < 1.29 is 4.79 Å². The largest absolute Gasteiger partial charge is 0.376 e. The second kappa shape index (κ2) is 8.36. The van der Waals surface area contributed by atoms with Crippen LogP contribution in [0.25, 0.3) is 5.69 Å². The number of nitrogens with zero attached hydrogens (tertiary/aromatic N) is 2. The highest BCUT2D eigenvalue weighted by Crippen LogP contribution is 2.19.